The summed E-state index contributed by atoms with van der Waals surface area (Å²) in [4.78, 5) is 0. The minimum Gasteiger partial charge on any atom is -0.469 e. The van der Waals surface area contributed by atoms with Gasteiger partial charge in [0, 0.05) is 6.08 Å². The van der Waals surface area contributed by atoms with Crippen LogP contribution in [0.15, 0.2) is 24.2 Å². The maximum absolute atomic E-state index is 4.79. The van der Waals surface area contributed by atoms with E-state index in [1.54, 1.807) is 20.3 Å². The van der Waals surface area contributed by atoms with Crippen LogP contribution in [0, 0.1) is 0 Å². The number of allylic oxidation sites excluding steroid dienone is 2. The van der Waals surface area contributed by atoms with Crippen molar-refractivity contribution in [3.05, 3.63) is 24.2 Å². The Morgan fingerprint density at radius 2 is 1.78 bits per heavy atom. The molecule has 2 heteroatoms. The highest BCUT2D eigenvalue weighted by atomic mass is 16.7. The summed E-state index contributed by atoms with van der Waals surface area (Å²) in [6.45, 7) is 5.53. The van der Waals surface area contributed by atoms with E-state index in [0.717, 1.165) is 5.57 Å². The Morgan fingerprint density at radius 3 is 1.89 bits per heavy atom. The molecule has 0 aromatic heterocycles. The first-order valence-electron chi connectivity index (χ1n) is 2.66. The van der Waals surface area contributed by atoms with Gasteiger partial charge in [-0.1, -0.05) is 12.2 Å². The third-order valence-electron chi connectivity index (χ3n) is 0.767. The van der Waals surface area contributed by atoms with E-state index >= 15 is 0 Å². The molecular formula is C7H12O2. The van der Waals surface area contributed by atoms with Crippen LogP contribution in [0.2, 0.25) is 0 Å². The van der Waals surface area contributed by atoms with Gasteiger partial charge in [0.2, 0.25) is 0 Å². The van der Waals surface area contributed by atoms with E-state index in [0.29, 0.717) is 5.95 Å². The van der Waals surface area contributed by atoms with Gasteiger partial charge in [-0.05, 0) is 6.92 Å². The van der Waals surface area contributed by atoms with Crippen molar-refractivity contribution in [2.45, 2.75) is 6.92 Å². The van der Waals surface area contributed by atoms with Crippen molar-refractivity contribution < 1.29 is 9.47 Å². The Balaban J connectivity index is 3.91. The van der Waals surface area contributed by atoms with Gasteiger partial charge in [0.15, 0.2) is 0 Å². The van der Waals surface area contributed by atoms with Gasteiger partial charge >= 0.3 is 0 Å². The normalized spacial score (nSPS) is 7.89. The average molecular weight is 128 g/mol. The minimum absolute atomic E-state index is 0.488. The summed E-state index contributed by atoms with van der Waals surface area (Å²) in [5.41, 5.74) is 0.911. The van der Waals surface area contributed by atoms with E-state index < -0.39 is 0 Å². The zero-order chi connectivity index (χ0) is 7.28. The zero-order valence-electron chi connectivity index (χ0n) is 6.10. The molecule has 0 aromatic rings. The van der Waals surface area contributed by atoms with Crippen LogP contribution in [0.5, 0.6) is 0 Å². The van der Waals surface area contributed by atoms with E-state index in [2.05, 4.69) is 6.58 Å². The van der Waals surface area contributed by atoms with Crippen LogP contribution in [0.4, 0.5) is 0 Å². The van der Waals surface area contributed by atoms with Gasteiger partial charge in [-0.2, -0.15) is 0 Å². The van der Waals surface area contributed by atoms with Crippen LogP contribution >= 0.6 is 0 Å². The van der Waals surface area contributed by atoms with Crippen molar-refractivity contribution in [1.82, 2.24) is 0 Å². The number of hydrogen-bond donors (Lipinski definition) is 0. The quantitative estimate of drug-likeness (QED) is 0.425. The van der Waals surface area contributed by atoms with Crippen molar-refractivity contribution in [3.8, 4) is 0 Å². The topological polar surface area (TPSA) is 18.5 Å². The largest absolute Gasteiger partial charge is 0.469 e. The van der Waals surface area contributed by atoms with Gasteiger partial charge in [-0.3, -0.25) is 0 Å². The second-order valence-electron chi connectivity index (χ2n) is 1.72. The molecule has 0 aliphatic carbocycles. The molecule has 0 spiro atoms. The van der Waals surface area contributed by atoms with Crippen molar-refractivity contribution in [3.63, 3.8) is 0 Å². The molecule has 0 unspecified atom stereocenters. The van der Waals surface area contributed by atoms with Crippen molar-refractivity contribution in [1.29, 1.82) is 0 Å². The first-order chi connectivity index (χ1) is 4.20. The van der Waals surface area contributed by atoms with E-state index in [1.807, 2.05) is 6.92 Å². The molecule has 0 saturated heterocycles. The lowest BCUT2D eigenvalue weighted by Gasteiger charge is -2.01. The summed E-state index contributed by atoms with van der Waals surface area (Å²) < 4.78 is 9.58. The van der Waals surface area contributed by atoms with E-state index in [9.17, 15) is 0 Å². The van der Waals surface area contributed by atoms with Crippen LogP contribution in [-0.4, -0.2) is 14.2 Å². The zero-order valence-corrected chi connectivity index (χ0v) is 6.10. The SMILES string of the molecule is C=C(C)C=C(OC)OC. The second-order valence-corrected chi connectivity index (χ2v) is 1.72. The van der Waals surface area contributed by atoms with Gasteiger partial charge in [0.25, 0.3) is 5.95 Å². The number of rotatable bonds is 3. The van der Waals surface area contributed by atoms with Crippen molar-refractivity contribution in [2.24, 2.45) is 0 Å². The van der Waals surface area contributed by atoms with Crippen molar-refractivity contribution >= 4 is 0 Å². The molecule has 0 radical (unpaired) electrons. The number of hydrogen-bond acceptors (Lipinski definition) is 2. The lowest BCUT2D eigenvalue weighted by Crippen LogP contribution is -1.88. The Hall–Kier alpha value is -0.920. The summed E-state index contributed by atoms with van der Waals surface area (Å²) in [5.74, 6) is 0.488. The fourth-order valence-electron chi connectivity index (χ4n) is 0.402. The molecule has 52 valence electrons. The average Bonchev–Trinajstić information content (AvgIpc) is 1.82. The third-order valence-corrected chi connectivity index (χ3v) is 0.767. The molecule has 0 heterocycles. The van der Waals surface area contributed by atoms with Gasteiger partial charge in [-0.15, -0.1) is 0 Å². The fraction of sp³-hybridized carbons (Fsp3) is 0.429. The molecule has 0 saturated carbocycles. The molecule has 0 aliphatic rings. The fourth-order valence-corrected chi connectivity index (χ4v) is 0.402. The highest BCUT2D eigenvalue weighted by Crippen LogP contribution is 1.99. The molecule has 0 rings (SSSR count). The molecule has 0 bridgehead atoms. The highest BCUT2D eigenvalue weighted by molar-refractivity contribution is 5.11. The van der Waals surface area contributed by atoms with Crippen LogP contribution in [0.3, 0.4) is 0 Å². The van der Waals surface area contributed by atoms with Crippen LogP contribution < -0.4 is 0 Å². The molecule has 0 fully saturated rings. The Labute approximate surface area is 55.8 Å². The third kappa shape index (κ3) is 3.64. The molecule has 0 aliphatic heterocycles. The summed E-state index contributed by atoms with van der Waals surface area (Å²) >= 11 is 0. The molecular weight excluding hydrogens is 116 g/mol. The van der Waals surface area contributed by atoms with Crippen LogP contribution in [0.1, 0.15) is 6.92 Å². The van der Waals surface area contributed by atoms with E-state index in [-0.39, 0.29) is 0 Å². The second kappa shape index (κ2) is 4.01. The Morgan fingerprint density at radius 1 is 1.33 bits per heavy atom. The highest BCUT2D eigenvalue weighted by Gasteiger charge is 1.89. The van der Waals surface area contributed by atoms with Crippen LogP contribution in [0.25, 0.3) is 0 Å². The lowest BCUT2D eigenvalue weighted by molar-refractivity contribution is 0.0953. The summed E-state index contributed by atoms with van der Waals surface area (Å²) in [6, 6.07) is 0. The molecule has 9 heavy (non-hydrogen) atoms. The van der Waals surface area contributed by atoms with Gasteiger partial charge in [0.1, 0.15) is 0 Å². The van der Waals surface area contributed by atoms with Gasteiger partial charge < -0.3 is 9.47 Å². The predicted molar refractivity (Wildman–Crippen MR) is 36.9 cm³/mol. The van der Waals surface area contributed by atoms with Crippen molar-refractivity contribution in [2.75, 3.05) is 14.2 Å². The number of methoxy groups -OCH3 is 2. The number of ether oxygens (including phenoxy) is 2. The smallest absolute Gasteiger partial charge is 0.278 e. The molecule has 0 atom stereocenters. The molecule has 2 nitrogen and oxygen atoms in total. The molecule has 0 aromatic carbocycles. The standard InChI is InChI=1S/C7H12O2/c1-6(2)5-7(8-3)9-4/h5H,1H2,2-4H3. The Bertz CT molecular complexity index is 119. The van der Waals surface area contributed by atoms with Gasteiger partial charge in [-0.25, -0.2) is 0 Å². The van der Waals surface area contributed by atoms with E-state index in [4.69, 9.17) is 9.47 Å². The summed E-state index contributed by atoms with van der Waals surface area (Å²) in [5, 5.41) is 0. The van der Waals surface area contributed by atoms with Crippen LogP contribution in [-0.2, 0) is 9.47 Å². The maximum atomic E-state index is 4.79. The maximum Gasteiger partial charge on any atom is 0.278 e. The summed E-state index contributed by atoms with van der Waals surface area (Å²) in [6.07, 6.45) is 1.72. The Kier molecular flexibility index (Phi) is 3.60. The monoisotopic (exact) mass is 128 g/mol. The minimum atomic E-state index is 0.488. The predicted octanol–water partition coefficient (Wildman–Crippen LogP) is 1.70. The first-order valence-corrected chi connectivity index (χ1v) is 2.66. The molecule has 0 N–H and O–H groups in total. The first kappa shape index (κ1) is 8.08. The lowest BCUT2D eigenvalue weighted by atomic mass is 10.3. The molecule has 0 amide bonds. The van der Waals surface area contributed by atoms with E-state index in [1.165, 1.54) is 0 Å². The van der Waals surface area contributed by atoms with Gasteiger partial charge in [0.05, 0.1) is 14.2 Å². The summed E-state index contributed by atoms with van der Waals surface area (Å²) in [7, 11) is 3.11.